The molecule has 0 saturated carbocycles. The van der Waals surface area contributed by atoms with Gasteiger partial charge in [0.25, 0.3) is 0 Å². The monoisotopic (exact) mass is 349 g/mol. The number of amides is 2. The van der Waals surface area contributed by atoms with Crippen molar-refractivity contribution in [2.24, 2.45) is 0 Å². The van der Waals surface area contributed by atoms with Crippen LogP contribution >= 0.6 is 11.6 Å². The normalized spacial score (nSPS) is 18.3. The average Bonchev–Trinajstić information content (AvgIpc) is 3.21. The number of nitrogens with zero attached hydrogens (tertiary/aromatic N) is 3. The lowest BCUT2D eigenvalue weighted by molar-refractivity contribution is 0.0868. The molecule has 2 amide bonds. The second-order valence-corrected chi connectivity index (χ2v) is 6.27. The molecule has 2 aromatic rings. The van der Waals surface area contributed by atoms with Gasteiger partial charge >= 0.3 is 6.03 Å². The Hall–Kier alpha value is -2.12. The van der Waals surface area contributed by atoms with E-state index in [0.29, 0.717) is 11.6 Å². The van der Waals surface area contributed by atoms with Gasteiger partial charge in [0.15, 0.2) is 0 Å². The van der Waals surface area contributed by atoms with E-state index in [4.69, 9.17) is 16.3 Å². The largest absolute Gasteiger partial charge is 0.376 e. The summed E-state index contributed by atoms with van der Waals surface area (Å²) in [6, 6.07) is 7.12. The minimum Gasteiger partial charge on any atom is -0.376 e. The highest BCUT2D eigenvalue weighted by molar-refractivity contribution is 6.30. The van der Waals surface area contributed by atoms with Crippen LogP contribution in [-0.4, -0.2) is 39.5 Å². The summed E-state index contributed by atoms with van der Waals surface area (Å²) in [7, 11) is 0. The predicted molar refractivity (Wildman–Crippen MR) is 91.2 cm³/mol. The van der Waals surface area contributed by atoms with Crippen LogP contribution in [-0.2, 0) is 11.3 Å². The number of aromatic nitrogens is 3. The zero-order chi connectivity index (χ0) is 16.9. The van der Waals surface area contributed by atoms with Crippen molar-refractivity contribution in [3.63, 3.8) is 0 Å². The number of rotatable bonds is 5. The van der Waals surface area contributed by atoms with E-state index in [0.717, 1.165) is 25.0 Å². The van der Waals surface area contributed by atoms with Crippen molar-refractivity contribution in [3.05, 3.63) is 41.2 Å². The Kier molecular flexibility index (Phi) is 5.32. The molecule has 0 bridgehead atoms. The molecule has 2 N–H and O–H groups in total. The molecule has 1 aliphatic rings. The lowest BCUT2D eigenvalue weighted by atomic mass is 10.1. The number of urea groups is 1. The minimum atomic E-state index is -0.331. The maximum atomic E-state index is 12.0. The molecule has 7 nitrogen and oxygen atoms in total. The van der Waals surface area contributed by atoms with E-state index < -0.39 is 0 Å². The molecule has 0 spiro atoms. The number of hydrogen-bond acceptors (Lipinski definition) is 4. The third kappa shape index (κ3) is 4.46. The maximum Gasteiger partial charge on any atom is 0.321 e. The van der Waals surface area contributed by atoms with Crippen LogP contribution in [0.3, 0.4) is 0 Å². The highest BCUT2D eigenvalue weighted by Gasteiger charge is 2.23. The van der Waals surface area contributed by atoms with E-state index in [-0.39, 0.29) is 24.1 Å². The van der Waals surface area contributed by atoms with Gasteiger partial charge in [0.1, 0.15) is 6.33 Å². The summed E-state index contributed by atoms with van der Waals surface area (Å²) in [6.45, 7) is 3.25. The van der Waals surface area contributed by atoms with Crippen molar-refractivity contribution in [1.82, 2.24) is 20.1 Å². The van der Waals surface area contributed by atoms with E-state index in [1.165, 1.54) is 0 Å². The van der Waals surface area contributed by atoms with Crippen molar-refractivity contribution in [2.45, 2.75) is 38.5 Å². The predicted octanol–water partition coefficient (Wildman–Crippen LogP) is 2.67. The molecule has 3 rings (SSSR count). The van der Waals surface area contributed by atoms with Crippen LogP contribution in [0.5, 0.6) is 0 Å². The molecule has 1 aliphatic heterocycles. The topological polar surface area (TPSA) is 81.1 Å². The smallest absolute Gasteiger partial charge is 0.321 e. The quantitative estimate of drug-likeness (QED) is 0.869. The van der Waals surface area contributed by atoms with Gasteiger partial charge in [-0.1, -0.05) is 23.7 Å². The Morgan fingerprint density at radius 3 is 2.96 bits per heavy atom. The summed E-state index contributed by atoms with van der Waals surface area (Å²) in [6.07, 6.45) is 3.66. The van der Waals surface area contributed by atoms with Gasteiger partial charge in [-0.25, -0.2) is 14.5 Å². The van der Waals surface area contributed by atoms with Gasteiger partial charge in [0.05, 0.1) is 18.7 Å². The number of nitrogens with one attached hydrogen (secondary N) is 2. The van der Waals surface area contributed by atoms with Crippen LogP contribution in [0.15, 0.2) is 30.6 Å². The number of carbonyl (C=O) groups is 1. The third-order valence-electron chi connectivity index (χ3n) is 3.90. The van der Waals surface area contributed by atoms with Gasteiger partial charge in [-0.15, -0.1) is 5.10 Å². The van der Waals surface area contributed by atoms with Gasteiger partial charge in [0.2, 0.25) is 5.95 Å². The Morgan fingerprint density at radius 2 is 2.25 bits per heavy atom. The SMILES string of the molecule is CC(NC(=O)Nc1ncn(Cc2ccc(Cl)cc2)n1)C1CCCO1. The van der Waals surface area contributed by atoms with Crippen LogP contribution in [0.4, 0.5) is 10.7 Å². The molecule has 0 aliphatic carbocycles. The van der Waals surface area contributed by atoms with Crippen molar-refractivity contribution in [1.29, 1.82) is 0 Å². The fraction of sp³-hybridized carbons (Fsp3) is 0.438. The van der Waals surface area contributed by atoms with Crippen LogP contribution in [0.1, 0.15) is 25.3 Å². The van der Waals surface area contributed by atoms with Gasteiger partial charge < -0.3 is 10.1 Å². The van der Waals surface area contributed by atoms with Crippen molar-refractivity contribution >= 4 is 23.6 Å². The van der Waals surface area contributed by atoms with Crippen molar-refractivity contribution in [2.75, 3.05) is 11.9 Å². The van der Waals surface area contributed by atoms with Gasteiger partial charge in [-0.05, 0) is 37.5 Å². The molecule has 24 heavy (non-hydrogen) atoms. The molecule has 1 aromatic carbocycles. The second kappa shape index (κ2) is 7.63. The van der Waals surface area contributed by atoms with E-state index in [9.17, 15) is 4.79 Å². The molecular formula is C16H20ClN5O2. The van der Waals surface area contributed by atoms with Crippen LogP contribution in [0.2, 0.25) is 5.02 Å². The highest BCUT2D eigenvalue weighted by atomic mass is 35.5. The maximum absolute atomic E-state index is 12.0. The summed E-state index contributed by atoms with van der Waals surface area (Å²) in [4.78, 5) is 16.1. The van der Waals surface area contributed by atoms with E-state index in [1.807, 2.05) is 31.2 Å². The average molecular weight is 350 g/mol. The summed E-state index contributed by atoms with van der Waals surface area (Å²) in [5.41, 5.74) is 1.05. The van der Waals surface area contributed by atoms with E-state index >= 15 is 0 Å². The van der Waals surface area contributed by atoms with E-state index in [2.05, 4.69) is 20.7 Å². The first kappa shape index (κ1) is 16.7. The number of benzene rings is 1. The van der Waals surface area contributed by atoms with Crippen molar-refractivity contribution in [3.8, 4) is 0 Å². The zero-order valence-electron chi connectivity index (χ0n) is 13.4. The van der Waals surface area contributed by atoms with Gasteiger partial charge in [-0.3, -0.25) is 5.32 Å². The van der Waals surface area contributed by atoms with Crippen molar-refractivity contribution < 1.29 is 9.53 Å². The molecule has 2 unspecified atom stereocenters. The molecule has 1 aromatic heterocycles. The number of halogens is 1. The molecule has 8 heteroatoms. The summed E-state index contributed by atoms with van der Waals surface area (Å²) >= 11 is 5.87. The first-order chi connectivity index (χ1) is 11.6. The lowest BCUT2D eigenvalue weighted by Crippen LogP contribution is -2.43. The second-order valence-electron chi connectivity index (χ2n) is 5.83. The molecule has 128 valence electrons. The number of hydrogen-bond donors (Lipinski definition) is 2. The third-order valence-corrected chi connectivity index (χ3v) is 4.15. The molecule has 1 fully saturated rings. The van der Waals surface area contributed by atoms with Crippen LogP contribution in [0, 0.1) is 0 Å². The van der Waals surface area contributed by atoms with Crippen LogP contribution in [0.25, 0.3) is 0 Å². The molecule has 1 saturated heterocycles. The summed E-state index contributed by atoms with van der Waals surface area (Å²) in [5.74, 6) is 0.265. The summed E-state index contributed by atoms with van der Waals surface area (Å²) in [5, 5.41) is 10.4. The Morgan fingerprint density at radius 1 is 1.46 bits per heavy atom. The van der Waals surface area contributed by atoms with Crippen LogP contribution < -0.4 is 10.6 Å². The Balaban J connectivity index is 1.51. The highest BCUT2D eigenvalue weighted by Crippen LogP contribution is 2.15. The van der Waals surface area contributed by atoms with E-state index in [1.54, 1.807) is 11.0 Å². The fourth-order valence-electron chi connectivity index (χ4n) is 2.64. The molecule has 2 heterocycles. The Bertz CT molecular complexity index is 682. The minimum absolute atomic E-state index is 0.0522. The number of carbonyl (C=O) groups excluding carboxylic acids is 1. The first-order valence-electron chi connectivity index (χ1n) is 7.93. The molecule has 2 atom stereocenters. The fourth-order valence-corrected chi connectivity index (χ4v) is 2.77. The Labute approximate surface area is 145 Å². The number of anilines is 1. The standard InChI is InChI=1S/C16H20ClN5O2/c1-11(14-3-2-8-24-14)19-16(23)20-15-18-10-22(21-15)9-12-4-6-13(17)7-5-12/h4-7,10-11,14H,2-3,8-9H2,1H3,(H2,19,20,21,23). The first-order valence-corrected chi connectivity index (χ1v) is 8.31. The lowest BCUT2D eigenvalue weighted by Gasteiger charge is -2.19. The number of ether oxygens (including phenoxy) is 1. The molecular weight excluding hydrogens is 330 g/mol. The summed E-state index contributed by atoms with van der Waals surface area (Å²) < 4.78 is 7.21. The zero-order valence-corrected chi connectivity index (χ0v) is 14.2. The molecule has 0 radical (unpaired) electrons. The van der Waals surface area contributed by atoms with Gasteiger partial charge in [0, 0.05) is 11.6 Å². The van der Waals surface area contributed by atoms with Gasteiger partial charge in [-0.2, -0.15) is 0 Å².